The Hall–Kier alpha value is -4.67. The third-order valence-corrected chi connectivity index (χ3v) is 6.07. The maximum atomic E-state index is 14.5. The number of benzene rings is 3. The number of amides is 2. The molecule has 0 radical (unpaired) electrons. The first-order chi connectivity index (χ1) is 19.1. The van der Waals surface area contributed by atoms with Gasteiger partial charge in [-0.25, -0.2) is 9.07 Å². The first kappa shape index (κ1) is 28.3. The van der Waals surface area contributed by atoms with Crippen molar-refractivity contribution in [2.45, 2.75) is 38.9 Å². The third kappa shape index (κ3) is 5.98. The van der Waals surface area contributed by atoms with Gasteiger partial charge in [-0.3, -0.25) is 14.5 Å². The molecule has 1 atom stereocenters. The van der Waals surface area contributed by atoms with E-state index in [2.05, 4.69) is 15.6 Å². The van der Waals surface area contributed by atoms with Crippen LogP contribution >= 0.6 is 0 Å². The fourth-order valence-corrected chi connectivity index (χ4v) is 4.42. The summed E-state index contributed by atoms with van der Waals surface area (Å²) >= 11 is 0. The molecule has 0 aliphatic heterocycles. The van der Waals surface area contributed by atoms with Crippen LogP contribution < -0.4 is 24.4 Å². The van der Waals surface area contributed by atoms with Crippen molar-refractivity contribution >= 4 is 28.5 Å². The van der Waals surface area contributed by atoms with Gasteiger partial charge in [-0.2, -0.15) is 0 Å². The lowest BCUT2D eigenvalue weighted by atomic mass is 9.99. The predicted molar refractivity (Wildman–Crippen MR) is 148 cm³/mol. The van der Waals surface area contributed by atoms with Crippen LogP contribution in [-0.4, -0.2) is 53.7 Å². The van der Waals surface area contributed by atoms with Gasteiger partial charge in [0.1, 0.15) is 23.9 Å². The van der Waals surface area contributed by atoms with Gasteiger partial charge in [0.05, 0.1) is 26.8 Å². The molecule has 210 valence electrons. The van der Waals surface area contributed by atoms with Crippen molar-refractivity contribution in [2.24, 2.45) is 0 Å². The van der Waals surface area contributed by atoms with Crippen molar-refractivity contribution in [3.05, 3.63) is 72.0 Å². The molecule has 10 nitrogen and oxygen atoms in total. The molecule has 0 saturated heterocycles. The van der Waals surface area contributed by atoms with Gasteiger partial charge in [-0.15, -0.1) is 5.10 Å². The Morgan fingerprint density at radius 1 is 0.975 bits per heavy atom. The van der Waals surface area contributed by atoms with Gasteiger partial charge in [0.2, 0.25) is 17.6 Å². The molecule has 4 aromatic rings. The lowest BCUT2D eigenvalue weighted by Crippen LogP contribution is -2.50. The van der Waals surface area contributed by atoms with E-state index in [1.807, 2.05) is 32.9 Å². The smallest absolute Gasteiger partial charge is 0.249 e. The lowest BCUT2D eigenvalue weighted by Gasteiger charge is -2.34. The van der Waals surface area contributed by atoms with E-state index in [1.165, 1.54) is 49.1 Å². The third-order valence-electron chi connectivity index (χ3n) is 6.07. The number of nitrogens with zero attached hydrogens (tertiary/aromatic N) is 4. The van der Waals surface area contributed by atoms with Crippen molar-refractivity contribution in [3.8, 4) is 17.2 Å². The molecule has 4 rings (SSSR count). The molecular weight excluding hydrogens is 517 g/mol. The van der Waals surface area contributed by atoms with Crippen molar-refractivity contribution < 1.29 is 28.2 Å². The molecule has 3 aromatic carbocycles. The Balaban J connectivity index is 1.92. The first-order valence-corrected chi connectivity index (χ1v) is 12.5. The number of hydrogen-bond donors (Lipinski definition) is 1. The summed E-state index contributed by atoms with van der Waals surface area (Å²) in [6.45, 7) is 5.22. The Kier molecular flexibility index (Phi) is 8.22. The molecule has 2 amide bonds. The van der Waals surface area contributed by atoms with E-state index in [0.717, 1.165) is 0 Å². The maximum Gasteiger partial charge on any atom is 0.249 e. The quantitative estimate of drug-likeness (QED) is 0.332. The van der Waals surface area contributed by atoms with Gasteiger partial charge in [-0.1, -0.05) is 23.4 Å². The number of ether oxygens (including phenoxy) is 3. The zero-order chi connectivity index (χ0) is 29.0. The first-order valence-electron chi connectivity index (χ1n) is 12.5. The van der Waals surface area contributed by atoms with Crippen LogP contribution in [-0.2, 0) is 16.1 Å². The average Bonchev–Trinajstić information content (AvgIpc) is 3.32. The summed E-state index contributed by atoms with van der Waals surface area (Å²) in [7, 11) is 4.38. The Labute approximate surface area is 231 Å². The van der Waals surface area contributed by atoms with E-state index in [-0.39, 0.29) is 12.2 Å². The molecule has 11 heteroatoms. The average molecular weight is 550 g/mol. The number of carbonyl (C=O) groups excluding carboxylic acids is 2. The largest absolute Gasteiger partial charge is 0.493 e. The number of para-hydroxylation sites is 1. The highest BCUT2D eigenvalue weighted by atomic mass is 19.1. The second-order valence-electron chi connectivity index (χ2n) is 10.1. The fraction of sp³-hybridized carbons (Fsp3) is 0.310. The van der Waals surface area contributed by atoms with E-state index in [0.29, 0.717) is 33.8 Å². The number of halogens is 1. The number of fused-ring (bicyclic) bond motifs is 1. The van der Waals surface area contributed by atoms with Crippen LogP contribution in [0.5, 0.6) is 17.2 Å². The molecule has 1 N–H and O–H groups in total. The van der Waals surface area contributed by atoms with Gasteiger partial charge < -0.3 is 19.5 Å². The van der Waals surface area contributed by atoms with Crippen LogP contribution in [0.2, 0.25) is 0 Å². The minimum atomic E-state index is -1.25. The standard InChI is InChI=1S/C29H32FN5O5/c1-29(2,3)31-28(37)26(18-14-23(38-4)27(40-6)24(15-18)39-5)35(20-11-9-10-19(30)16-20)25(36)17-34-22-13-8-7-12-21(22)32-33-34/h7-16,26H,17H2,1-6H3,(H,31,37)/t26-/m0/s1. The minimum Gasteiger partial charge on any atom is -0.493 e. The summed E-state index contributed by atoms with van der Waals surface area (Å²) in [5, 5.41) is 11.2. The van der Waals surface area contributed by atoms with Gasteiger partial charge in [0, 0.05) is 11.2 Å². The second-order valence-corrected chi connectivity index (χ2v) is 10.1. The number of carbonyl (C=O) groups is 2. The minimum absolute atomic E-state index is 0.178. The fourth-order valence-electron chi connectivity index (χ4n) is 4.42. The van der Waals surface area contributed by atoms with Crippen molar-refractivity contribution in [2.75, 3.05) is 26.2 Å². The molecule has 1 heterocycles. The van der Waals surface area contributed by atoms with Crippen molar-refractivity contribution in [1.29, 1.82) is 0 Å². The molecule has 0 bridgehead atoms. The highest BCUT2D eigenvalue weighted by molar-refractivity contribution is 6.02. The molecule has 0 aliphatic rings. The van der Waals surface area contributed by atoms with Crippen LogP contribution in [0, 0.1) is 5.82 Å². The van der Waals surface area contributed by atoms with Crippen LogP contribution in [0.15, 0.2) is 60.7 Å². The molecule has 1 aromatic heterocycles. The summed E-state index contributed by atoms with van der Waals surface area (Å²) in [5.74, 6) is -0.687. The van der Waals surface area contributed by atoms with Crippen LogP contribution in [0.1, 0.15) is 32.4 Å². The van der Waals surface area contributed by atoms with E-state index in [4.69, 9.17) is 14.2 Å². The summed E-state index contributed by atoms with van der Waals surface area (Å²) in [4.78, 5) is 29.4. The number of aromatic nitrogens is 3. The number of methoxy groups -OCH3 is 3. The summed E-state index contributed by atoms with van der Waals surface area (Å²) < 4.78 is 32.5. The van der Waals surface area contributed by atoms with E-state index in [1.54, 1.807) is 30.3 Å². The van der Waals surface area contributed by atoms with Gasteiger partial charge in [0.25, 0.3) is 0 Å². The number of nitrogens with one attached hydrogen (secondary N) is 1. The van der Waals surface area contributed by atoms with Gasteiger partial charge >= 0.3 is 0 Å². The topological polar surface area (TPSA) is 108 Å². The molecule has 0 unspecified atom stereocenters. The summed E-state index contributed by atoms with van der Waals surface area (Å²) in [5.41, 5.74) is 1.14. The molecular formula is C29H32FN5O5. The van der Waals surface area contributed by atoms with Crippen molar-refractivity contribution in [3.63, 3.8) is 0 Å². The number of hydrogen-bond acceptors (Lipinski definition) is 7. The number of anilines is 1. The van der Waals surface area contributed by atoms with Gasteiger partial charge in [0.15, 0.2) is 11.5 Å². The lowest BCUT2D eigenvalue weighted by molar-refractivity contribution is -0.128. The Morgan fingerprint density at radius 2 is 1.65 bits per heavy atom. The zero-order valence-electron chi connectivity index (χ0n) is 23.3. The maximum absolute atomic E-state index is 14.5. The Bertz CT molecular complexity index is 1510. The SMILES string of the molecule is COc1cc([C@@H](C(=O)NC(C)(C)C)N(C(=O)Cn2nnc3ccccc32)c2cccc(F)c2)cc(OC)c1OC. The van der Waals surface area contributed by atoms with Crippen LogP contribution in [0.3, 0.4) is 0 Å². The highest BCUT2D eigenvalue weighted by Crippen LogP contribution is 2.42. The zero-order valence-corrected chi connectivity index (χ0v) is 23.3. The monoisotopic (exact) mass is 549 g/mol. The van der Waals surface area contributed by atoms with Crippen LogP contribution in [0.4, 0.5) is 10.1 Å². The van der Waals surface area contributed by atoms with E-state index < -0.39 is 29.2 Å². The predicted octanol–water partition coefficient (Wildman–Crippen LogP) is 4.29. The second kappa shape index (κ2) is 11.6. The van der Waals surface area contributed by atoms with Crippen LogP contribution in [0.25, 0.3) is 11.0 Å². The molecule has 0 fully saturated rings. The van der Waals surface area contributed by atoms with Crippen molar-refractivity contribution in [1.82, 2.24) is 20.3 Å². The Morgan fingerprint density at radius 3 is 2.25 bits per heavy atom. The summed E-state index contributed by atoms with van der Waals surface area (Å²) in [6.07, 6.45) is 0. The summed E-state index contributed by atoms with van der Waals surface area (Å²) in [6, 6.07) is 14.6. The molecule has 40 heavy (non-hydrogen) atoms. The highest BCUT2D eigenvalue weighted by Gasteiger charge is 2.36. The van der Waals surface area contributed by atoms with Gasteiger partial charge in [-0.05, 0) is 68.8 Å². The molecule has 0 saturated carbocycles. The molecule has 0 aliphatic carbocycles. The van der Waals surface area contributed by atoms with E-state index in [9.17, 15) is 14.0 Å². The number of rotatable bonds is 9. The molecule has 0 spiro atoms. The normalized spacial score (nSPS) is 12.1. The van der Waals surface area contributed by atoms with E-state index >= 15 is 0 Å².